The van der Waals surface area contributed by atoms with Crippen molar-refractivity contribution < 1.29 is 19.1 Å². The number of carboxylic acids is 1. The highest BCUT2D eigenvalue weighted by Gasteiger charge is 2.14. The highest BCUT2D eigenvalue weighted by atomic mass is 16.4. The molecule has 0 aliphatic carbocycles. The van der Waals surface area contributed by atoms with Crippen molar-refractivity contribution in [1.29, 1.82) is 0 Å². The number of nitrogens with zero attached hydrogens (tertiary/aromatic N) is 1. The lowest BCUT2D eigenvalue weighted by atomic mass is 10.0. The van der Waals surface area contributed by atoms with Gasteiger partial charge in [-0.1, -0.05) is 23.8 Å². The van der Waals surface area contributed by atoms with E-state index in [4.69, 9.17) is 9.52 Å². The monoisotopic (exact) mass is 388 g/mol. The zero-order valence-corrected chi connectivity index (χ0v) is 15.4. The van der Waals surface area contributed by atoms with Crippen LogP contribution in [0.25, 0.3) is 21.7 Å². The minimum Gasteiger partial charge on any atom is -0.478 e. The molecule has 7 nitrogen and oxygen atoms in total. The Balaban J connectivity index is 1.60. The number of carbonyl (C=O) groups excluding carboxylic acids is 1. The van der Waals surface area contributed by atoms with Crippen molar-refractivity contribution in [1.82, 2.24) is 10.3 Å². The molecule has 0 bridgehead atoms. The second-order valence-corrected chi connectivity index (χ2v) is 6.71. The second kappa shape index (κ2) is 7.20. The smallest absolute Gasteiger partial charge is 0.349 e. The number of pyridine rings is 1. The van der Waals surface area contributed by atoms with Crippen LogP contribution in [0, 0.1) is 6.92 Å². The molecule has 0 fully saturated rings. The molecule has 0 radical (unpaired) electrons. The van der Waals surface area contributed by atoms with Crippen LogP contribution in [0.3, 0.4) is 0 Å². The van der Waals surface area contributed by atoms with Gasteiger partial charge in [0.2, 0.25) is 0 Å². The Labute approximate surface area is 164 Å². The number of benzene rings is 2. The fourth-order valence-corrected chi connectivity index (χ4v) is 3.06. The number of carboxylic acid groups (broad SMARTS) is 1. The van der Waals surface area contributed by atoms with E-state index in [0.29, 0.717) is 16.7 Å². The van der Waals surface area contributed by atoms with Crippen LogP contribution in [0.5, 0.6) is 0 Å². The first kappa shape index (κ1) is 18.4. The summed E-state index contributed by atoms with van der Waals surface area (Å²) < 4.78 is 5.36. The Bertz CT molecular complexity index is 1320. The van der Waals surface area contributed by atoms with E-state index in [9.17, 15) is 14.4 Å². The third-order valence-corrected chi connectivity index (χ3v) is 4.59. The summed E-state index contributed by atoms with van der Waals surface area (Å²) in [5.41, 5.74) is 1.20. The summed E-state index contributed by atoms with van der Waals surface area (Å²) in [7, 11) is 0. The summed E-state index contributed by atoms with van der Waals surface area (Å²) in [6, 6.07) is 14.0. The van der Waals surface area contributed by atoms with Gasteiger partial charge in [0, 0.05) is 11.6 Å². The molecule has 0 aliphatic heterocycles. The van der Waals surface area contributed by atoms with E-state index in [1.54, 1.807) is 6.07 Å². The Morgan fingerprint density at radius 1 is 1.03 bits per heavy atom. The molecule has 2 heterocycles. The van der Waals surface area contributed by atoms with Gasteiger partial charge in [0.05, 0.1) is 17.8 Å². The van der Waals surface area contributed by atoms with Gasteiger partial charge in [0.25, 0.3) is 5.91 Å². The van der Waals surface area contributed by atoms with Crippen molar-refractivity contribution >= 4 is 33.6 Å². The van der Waals surface area contributed by atoms with Gasteiger partial charge in [-0.3, -0.25) is 9.78 Å². The summed E-state index contributed by atoms with van der Waals surface area (Å²) >= 11 is 0. The van der Waals surface area contributed by atoms with Crippen molar-refractivity contribution in [2.75, 3.05) is 0 Å². The van der Waals surface area contributed by atoms with Crippen LogP contribution in [-0.4, -0.2) is 22.0 Å². The molecule has 0 saturated heterocycles. The maximum absolute atomic E-state index is 12.5. The predicted octanol–water partition coefficient (Wildman–Crippen LogP) is 3.28. The molecule has 4 rings (SSSR count). The van der Waals surface area contributed by atoms with Crippen LogP contribution in [0.1, 0.15) is 32.0 Å². The maximum atomic E-state index is 12.5. The van der Waals surface area contributed by atoms with Gasteiger partial charge in [0.1, 0.15) is 11.1 Å². The number of hydrogen-bond acceptors (Lipinski definition) is 5. The summed E-state index contributed by atoms with van der Waals surface area (Å²) in [6.07, 6.45) is 1.21. The number of aromatic carboxylic acids is 1. The second-order valence-electron chi connectivity index (χ2n) is 6.71. The maximum Gasteiger partial charge on any atom is 0.349 e. The number of amides is 1. The highest BCUT2D eigenvalue weighted by molar-refractivity contribution is 6.00. The lowest BCUT2D eigenvalue weighted by Crippen LogP contribution is -2.28. The van der Waals surface area contributed by atoms with Gasteiger partial charge >= 0.3 is 11.6 Å². The van der Waals surface area contributed by atoms with Crippen molar-refractivity contribution in [3.63, 3.8) is 0 Å². The Kier molecular flexibility index (Phi) is 4.56. The largest absolute Gasteiger partial charge is 0.478 e. The number of hydrogen-bond donors (Lipinski definition) is 2. The molecular weight excluding hydrogens is 372 g/mol. The van der Waals surface area contributed by atoms with Gasteiger partial charge in [-0.05, 0) is 48.0 Å². The first-order chi connectivity index (χ1) is 13.9. The first-order valence-corrected chi connectivity index (χ1v) is 8.85. The number of rotatable bonds is 4. The summed E-state index contributed by atoms with van der Waals surface area (Å²) in [5, 5.41) is 14.1. The fourth-order valence-electron chi connectivity index (χ4n) is 3.06. The average Bonchev–Trinajstić information content (AvgIpc) is 2.70. The number of fused-ring (bicyclic) bond motifs is 2. The van der Waals surface area contributed by atoms with E-state index < -0.39 is 17.5 Å². The van der Waals surface area contributed by atoms with E-state index in [1.807, 2.05) is 31.2 Å². The summed E-state index contributed by atoms with van der Waals surface area (Å²) in [4.78, 5) is 39.6. The third-order valence-electron chi connectivity index (χ3n) is 4.59. The van der Waals surface area contributed by atoms with Crippen LogP contribution in [0.4, 0.5) is 0 Å². The van der Waals surface area contributed by atoms with E-state index in [-0.39, 0.29) is 17.7 Å². The van der Waals surface area contributed by atoms with E-state index in [2.05, 4.69) is 10.3 Å². The number of aromatic nitrogens is 1. The van der Waals surface area contributed by atoms with E-state index in [1.165, 1.54) is 24.4 Å². The summed E-state index contributed by atoms with van der Waals surface area (Å²) in [5.74, 6) is -1.67. The van der Waals surface area contributed by atoms with Gasteiger partial charge in [-0.25, -0.2) is 9.59 Å². The van der Waals surface area contributed by atoms with Gasteiger partial charge in [0.15, 0.2) is 0 Å². The minimum atomic E-state index is -1.08. The molecule has 4 aromatic rings. The molecule has 0 unspecified atom stereocenters. The molecular formula is C22H16N2O5. The first-order valence-electron chi connectivity index (χ1n) is 8.85. The van der Waals surface area contributed by atoms with E-state index in [0.717, 1.165) is 16.3 Å². The zero-order chi connectivity index (χ0) is 20.5. The third kappa shape index (κ3) is 3.70. The number of aryl methyl sites for hydroxylation is 1. The molecule has 29 heavy (non-hydrogen) atoms. The molecule has 1 amide bonds. The number of carbonyl (C=O) groups is 2. The van der Waals surface area contributed by atoms with Crippen molar-refractivity contribution in [2.24, 2.45) is 0 Å². The standard InChI is InChI=1S/C22H16N2O5/c1-12-2-3-13-7-16-8-18(22(28)29-19(16)9-15(13)6-12)20(25)24-11-17-5-4-14(10-23-17)21(26)27/h2-10H,11H2,1H3,(H,24,25)(H,26,27). The average molecular weight is 388 g/mol. The van der Waals surface area contributed by atoms with Gasteiger partial charge < -0.3 is 14.8 Å². The van der Waals surface area contributed by atoms with Gasteiger partial charge in [-0.15, -0.1) is 0 Å². The van der Waals surface area contributed by atoms with Crippen LogP contribution in [0.15, 0.2) is 63.9 Å². The van der Waals surface area contributed by atoms with Crippen LogP contribution in [-0.2, 0) is 6.54 Å². The Morgan fingerprint density at radius 3 is 2.59 bits per heavy atom. The van der Waals surface area contributed by atoms with Crippen molar-refractivity contribution in [3.8, 4) is 0 Å². The molecule has 0 aliphatic rings. The molecule has 2 aromatic carbocycles. The quantitative estimate of drug-likeness (QED) is 0.410. The lowest BCUT2D eigenvalue weighted by molar-refractivity contribution is 0.0696. The van der Waals surface area contributed by atoms with E-state index >= 15 is 0 Å². The molecule has 0 atom stereocenters. The number of nitrogens with one attached hydrogen (secondary N) is 1. The molecule has 2 aromatic heterocycles. The van der Waals surface area contributed by atoms with Crippen molar-refractivity contribution in [2.45, 2.75) is 13.5 Å². The zero-order valence-electron chi connectivity index (χ0n) is 15.4. The van der Waals surface area contributed by atoms with Gasteiger partial charge in [-0.2, -0.15) is 0 Å². The van der Waals surface area contributed by atoms with Crippen LogP contribution >= 0.6 is 0 Å². The summed E-state index contributed by atoms with van der Waals surface area (Å²) in [6.45, 7) is 2.03. The predicted molar refractivity (Wildman–Crippen MR) is 107 cm³/mol. The normalized spacial score (nSPS) is 10.9. The topological polar surface area (TPSA) is 110 Å². The molecule has 7 heteroatoms. The van der Waals surface area contributed by atoms with Crippen LogP contribution < -0.4 is 10.9 Å². The minimum absolute atomic E-state index is 0.0488. The molecule has 0 saturated carbocycles. The highest BCUT2D eigenvalue weighted by Crippen LogP contribution is 2.23. The van der Waals surface area contributed by atoms with Crippen LogP contribution in [0.2, 0.25) is 0 Å². The molecule has 0 spiro atoms. The Morgan fingerprint density at radius 2 is 1.86 bits per heavy atom. The Hall–Kier alpha value is -4.00. The SMILES string of the molecule is Cc1ccc2cc3cc(C(=O)NCc4ccc(C(=O)O)cn4)c(=O)oc3cc2c1. The van der Waals surface area contributed by atoms with Crippen molar-refractivity contribution in [3.05, 3.63) is 87.5 Å². The molecule has 144 valence electrons. The fraction of sp³-hybridized carbons (Fsp3) is 0.0909. The lowest BCUT2D eigenvalue weighted by Gasteiger charge is -2.06. The molecule has 2 N–H and O–H groups in total.